The number of hydrogen-bond donors (Lipinski definition) is 2. The molecule has 1 aromatic carbocycles. The van der Waals surface area contributed by atoms with E-state index < -0.39 is 0 Å². The third-order valence-electron chi connectivity index (χ3n) is 2.66. The summed E-state index contributed by atoms with van der Waals surface area (Å²) in [7, 11) is 3.75. The summed E-state index contributed by atoms with van der Waals surface area (Å²) >= 11 is 0. The highest BCUT2D eigenvalue weighted by Crippen LogP contribution is 2.43. The second-order valence-corrected chi connectivity index (χ2v) is 3.99. The van der Waals surface area contributed by atoms with Gasteiger partial charge >= 0.3 is 0 Å². The Morgan fingerprint density at radius 1 is 1.47 bits per heavy atom. The number of nitrogens with two attached hydrogens (primary N) is 1. The molecule has 0 spiro atoms. The first-order valence-electron chi connectivity index (χ1n) is 5.03. The Morgan fingerprint density at radius 2 is 2.20 bits per heavy atom. The van der Waals surface area contributed by atoms with Crippen LogP contribution in [0.15, 0.2) is 12.1 Å². The summed E-state index contributed by atoms with van der Waals surface area (Å²) in [5.41, 5.74) is 7.67. The fourth-order valence-electron chi connectivity index (χ4n) is 1.90. The maximum Gasteiger partial charge on any atom is 0.151 e. The minimum Gasteiger partial charge on any atom is -0.506 e. The largest absolute Gasteiger partial charge is 0.506 e. The molecule has 1 unspecified atom stereocenters. The molecule has 0 bridgehead atoms. The van der Waals surface area contributed by atoms with E-state index in [2.05, 4.69) is 0 Å². The zero-order valence-electron chi connectivity index (χ0n) is 9.03. The highest BCUT2D eigenvalue weighted by molar-refractivity contribution is 5.70. The topological polar surface area (TPSA) is 58.7 Å². The molecule has 1 heterocycles. The summed E-state index contributed by atoms with van der Waals surface area (Å²) in [6.07, 6.45) is 0.824. The standard InChI is InChI=1S/C11H16N2O2/c1-13(2)10-9(14)4-3-7-8(12)5-6-15-11(7)10/h3-4,8,14H,5-6,12H2,1-2H3. The van der Waals surface area contributed by atoms with E-state index in [0.29, 0.717) is 12.3 Å². The number of nitrogens with zero attached hydrogens (tertiary/aromatic N) is 1. The molecule has 0 aromatic heterocycles. The van der Waals surface area contributed by atoms with Gasteiger partial charge in [-0.3, -0.25) is 0 Å². The summed E-state index contributed by atoms with van der Waals surface area (Å²) < 4.78 is 5.59. The van der Waals surface area contributed by atoms with Crippen LogP contribution in [0.5, 0.6) is 11.5 Å². The maximum absolute atomic E-state index is 9.76. The smallest absolute Gasteiger partial charge is 0.151 e. The molecule has 0 radical (unpaired) electrons. The molecule has 0 amide bonds. The van der Waals surface area contributed by atoms with E-state index in [9.17, 15) is 5.11 Å². The normalized spacial score (nSPS) is 19.3. The van der Waals surface area contributed by atoms with Crippen LogP contribution in [0.4, 0.5) is 5.69 Å². The van der Waals surface area contributed by atoms with Gasteiger partial charge in [0.1, 0.15) is 11.4 Å². The van der Waals surface area contributed by atoms with Gasteiger partial charge in [0.15, 0.2) is 5.75 Å². The Kier molecular flexibility index (Phi) is 2.44. The minimum atomic E-state index is 0.00745. The van der Waals surface area contributed by atoms with E-state index in [4.69, 9.17) is 10.5 Å². The molecule has 1 aromatic rings. The van der Waals surface area contributed by atoms with E-state index in [-0.39, 0.29) is 11.8 Å². The van der Waals surface area contributed by atoms with Crippen molar-refractivity contribution in [1.29, 1.82) is 0 Å². The van der Waals surface area contributed by atoms with Crippen molar-refractivity contribution in [3.63, 3.8) is 0 Å². The zero-order valence-corrected chi connectivity index (χ0v) is 9.03. The lowest BCUT2D eigenvalue weighted by molar-refractivity contribution is 0.268. The van der Waals surface area contributed by atoms with E-state index in [1.807, 2.05) is 25.1 Å². The Bertz CT molecular complexity index is 377. The first kappa shape index (κ1) is 10.1. The molecule has 0 saturated carbocycles. The van der Waals surface area contributed by atoms with Gasteiger partial charge < -0.3 is 20.5 Å². The van der Waals surface area contributed by atoms with Gasteiger partial charge in [-0.25, -0.2) is 0 Å². The lowest BCUT2D eigenvalue weighted by Crippen LogP contribution is -2.22. The molecule has 82 valence electrons. The number of rotatable bonds is 1. The monoisotopic (exact) mass is 208 g/mol. The Labute approximate surface area is 89.3 Å². The highest BCUT2D eigenvalue weighted by atomic mass is 16.5. The number of ether oxygens (including phenoxy) is 1. The van der Waals surface area contributed by atoms with Gasteiger partial charge in [-0.15, -0.1) is 0 Å². The van der Waals surface area contributed by atoms with Crippen molar-refractivity contribution >= 4 is 5.69 Å². The molecule has 3 N–H and O–H groups in total. The van der Waals surface area contributed by atoms with Crippen LogP contribution in [0, 0.1) is 0 Å². The summed E-state index contributed by atoms with van der Waals surface area (Å²) in [6.45, 7) is 0.610. The van der Waals surface area contributed by atoms with Gasteiger partial charge in [0.2, 0.25) is 0 Å². The van der Waals surface area contributed by atoms with Gasteiger partial charge in [0.05, 0.1) is 6.61 Å². The first-order chi connectivity index (χ1) is 7.11. The van der Waals surface area contributed by atoms with E-state index in [1.165, 1.54) is 0 Å². The van der Waals surface area contributed by atoms with Gasteiger partial charge in [-0.1, -0.05) is 0 Å². The molecule has 0 aliphatic carbocycles. The van der Waals surface area contributed by atoms with Crippen LogP contribution in [0.1, 0.15) is 18.0 Å². The van der Waals surface area contributed by atoms with Crippen LogP contribution in [-0.2, 0) is 0 Å². The van der Waals surface area contributed by atoms with E-state index in [1.54, 1.807) is 6.07 Å². The molecule has 1 aliphatic rings. The fraction of sp³-hybridized carbons (Fsp3) is 0.455. The summed E-state index contributed by atoms with van der Waals surface area (Å²) in [5, 5.41) is 9.76. The zero-order chi connectivity index (χ0) is 11.0. The fourth-order valence-corrected chi connectivity index (χ4v) is 1.90. The van der Waals surface area contributed by atoms with Crippen LogP contribution in [-0.4, -0.2) is 25.8 Å². The summed E-state index contributed by atoms with van der Waals surface area (Å²) in [4.78, 5) is 1.84. The maximum atomic E-state index is 9.76. The number of hydrogen-bond acceptors (Lipinski definition) is 4. The Hall–Kier alpha value is -1.42. The second kappa shape index (κ2) is 3.62. The van der Waals surface area contributed by atoms with Crippen molar-refractivity contribution in [2.45, 2.75) is 12.5 Å². The van der Waals surface area contributed by atoms with Crippen molar-refractivity contribution in [2.24, 2.45) is 5.73 Å². The molecule has 0 saturated heterocycles. The molecule has 1 aliphatic heterocycles. The van der Waals surface area contributed by atoms with Crippen LogP contribution in [0.3, 0.4) is 0 Å². The lowest BCUT2D eigenvalue weighted by atomic mass is 10.00. The molecule has 1 atom stereocenters. The van der Waals surface area contributed by atoms with E-state index in [0.717, 1.165) is 17.7 Å². The Balaban J connectivity index is 2.58. The highest BCUT2D eigenvalue weighted by Gasteiger charge is 2.23. The third kappa shape index (κ3) is 1.61. The van der Waals surface area contributed by atoms with Crippen molar-refractivity contribution in [1.82, 2.24) is 0 Å². The minimum absolute atomic E-state index is 0.00745. The molecule has 4 nitrogen and oxygen atoms in total. The molecule has 15 heavy (non-hydrogen) atoms. The number of fused-ring (bicyclic) bond motifs is 1. The molecular formula is C11H16N2O2. The number of phenolic OH excluding ortho intramolecular Hbond substituents is 1. The Morgan fingerprint density at radius 3 is 2.87 bits per heavy atom. The third-order valence-corrected chi connectivity index (χ3v) is 2.66. The van der Waals surface area contributed by atoms with Gasteiger partial charge in [-0.05, 0) is 12.1 Å². The van der Waals surface area contributed by atoms with Crippen LogP contribution in [0.2, 0.25) is 0 Å². The van der Waals surface area contributed by atoms with Crippen molar-refractivity contribution in [3.8, 4) is 11.5 Å². The number of phenols is 1. The average Bonchev–Trinajstić information content (AvgIpc) is 2.17. The lowest BCUT2D eigenvalue weighted by Gasteiger charge is -2.28. The van der Waals surface area contributed by atoms with Crippen LogP contribution in [0.25, 0.3) is 0 Å². The van der Waals surface area contributed by atoms with Gasteiger partial charge in [0, 0.05) is 32.1 Å². The average molecular weight is 208 g/mol. The van der Waals surface area contributed by atoms with E-state index >= 15 is 0 Å². The second-order valence-electron chi connectivity index (χ2n) is 3.99. The summed E-state index contributed by atoms with van der Waals surface area (Å²) in [6, 6.07) is 3.51. The predicted octanol–water partition coefficient (Wildman–Crippen LogP) is 1.24. The molecule has 0 fully saturated rings. The van der Waals surface area contributed by atoms with Crippen LogP contribution < -0.4 is 15.4 Å². The molecule has 2 rings (SSSR count). The number of benzene rings is 1. The number of anilines is 1. The van der Waals surface area contributed by atoms with Crippen molar-refractivity contribution in [3.05, 3.63) is 17.7 Å². The molecule has 4 heteroatoms. The number of aromatic hydroxyl groups is 1. The first-order valence-corrected chi connectivity index (χ1v) is 5.03. The van der Waals surface area contributed by atoms with Gasteiger partial charge in [0.25, 0.3) is 0 Å². The predicted molar refractivity (Wildman–Crippen MR) is 59.5 cm³/mol. The quantitative estimate of drug-likeness (QED) is 0.729. The van der Waals surface area contributed by atoms with Crippen LogP contribution >= 0.6 is 0 Å². The van der Waals surface area contributed by atoms with Crippen molar-refractivity contribution in [2.75, 3.05) is 25.6 Å². The molecular weight excluding hydrogens is 192 g/mol. The SMILES string of the molecule is CN(C)c1c(O)ccc2c1OCCC2N. The van der Waals surface area contributed by atoms with Crippen molar-refractivity contribution < 1.29 is 9.84 Å². The van der Waals surface area contributed by atoms with Gasteiger partial charge in [-0.2, -0.15) is 0 Å². The summed E-state index contributed by atoms with van der Waals surface area (Å²) in [5.74, 6) is 0.951.